The number of aryl methyl sites for hydroxylation is 1. The number of amidine groups is 2. The molecule has 27 heavy (non-hydrogen) atoms. The molecule has 0 fully saturated rings. The van der Waals surface area contributed by atoms with Crippen molar-refractivity contribution in [1.82, 2.24) is 9.63 Å². The van der Waals surface area contributed by atoms with Crippen LogP contribution in [0.1, 0.15) is 23.9 Å². The van der Waals surface area contributed by atoms with Crippen LogP contribution >= 0.6 is 11.6 Å². The second kappa shape index (κ2) is 6.25. The van der Waals surface area contributed by atoms with Crippen molar-refractivity contribution < 1.29 is 9.63 Å². The number of hydroxylamine groups is 2. The van der Waals surface area contributed by atoms with Gasteiger partial charge < -0.3 is 9.40 Å². The van der Waals surface area contributed by atoms with Crippen molar-refractivity contribution >= 4 is 35.3 Å². The number of carbonyl (C=O) groups excluding carboxylic acids is 1. The predicted octanol–water partition coefficient (Wildman–Crippen LogP) is 4.20. The zero-order chi connectivity index (χ0) is 19.3. The summed E-state index contributed by atoms with van der Waals surface area (Å²) in [7, 11) is 0. The van der Waals surface area contributed by atoms with Crippen molar-refractivity contribution in [1.29, 1.82) is 5.41 Å². The summed E-state index contributed by atoms with van der Waals surface area (Å²) < 4.78 is 2.08. The number of nitrogens with zero attached hydrogens (tertiary/aromatic N) is 3. The van der Waals surface area contributed by atoms with E-state index in [0.29, 0.717) is 16.6 Å². The van der Waals surface area contributed by atoms with E-state index in [4.69, 9.17) is 21.8 Å². The Hall–Kier alpha value is -3.12. The molecule has 0 saturated heterocycles. The van der Waals surface area contributed by atoms with Crippen molar-refractivity contribution in [2.24, 2.45) is 4.99 Å². The lowest BCUT2D eigenvalue weighted by Gasteiger charge is -2.22. The van der Waals surface area contributed by atoms with Crippen molar-refractivity contribution in [2.75, 3.05) is 0 Å². The van der Waals surface area contributed by atoms with E-state index in [1.54, 1.807) is 19.1 Å². The van der Waals surface area contributed by atoms with Crippen molar-refractivity contribution in [3.05, 3.63) is 69.7 Å². The second-order valence-corrected chi connectivity index (χ2v) is 6.90. The highest BCUT2D eigenvalue weighted by Gasteiger charge is 2.34. The highest BCUT2D eigenvalue weighted by atomic mass is 35.5. The third-order valence-electron chi connectivity index (χ3n) is 4.54. The fourth-order valence-corrected chi connectivity index (χ4v) is 3.40. The van der Waals surface area contributed by atoms with Gasteiger partial charge in [0.1, 0.15) is 5.76 Å². The van der Waals surface area contributed by atoms with E-state index in [1.165, 1.54) is 5.06 Å². The molecule has 1 aromatic carbocycles. The summed E-state index contributed by atoms with van der Waals surface area (Å²) >= 11 is 5.99. The number of nitrogens with one attached hydrogen (secondary N) is 1. The molecule has 1 amide bonds. The fraction of sp³-hybridized carbons (Fsp3) is 0.150. The van der Waals surface area contributed by atoms with Gasteiger partial charge in [0.25, 0.3) is 5.91 Å². The number of hydrogen-bond acceptors (Lipinski definition) is 3. The number of allylic oxidation sites excluding steroid dienone is 1. The van der Waals surface area contributed by atoms with Crippen LogP contribution in [0.4, 0.5) is 0 Å². The normalized spacial score (nSPS) is 17.8. The Morgan fingerprint density at radius 3 is 2.59 bits per heavy atom. The van der Waals surface area contributed by atoms with Gasteiger partial charge in [0.05, 0.1) is 5.57 Å². The molecule has 2 aliphatic heterocycles. The van der Waals surface area contributed by atoms with E-state index < -0.39 is 5.91 Å². The quantitative estimate of drug-likeness (QED) is 0.794. The van der Waals surface area contributed by atoms with Crippen LogP contribution in [0.3, 0.4) is 0 Å². The summed E-state index contributed by atoms with van der Waals surface area (Å²) in [6.07, 6.45) is 3.33. The number of benzene rings is 1. The Morgan fingerprint density at radius 2 is 1.89 bits per heavy atom. The third kappa shape index (κ3) is 2.88. The van der Waals surface area contributed by atoms with E-state index in [2.05, 4.69) is 9.56 Å². The van der Waals surface area contributed by atoms with Crippen LogP contribution in [0.5, 0.6) is 0 Å². The molecule has 7 heteroatoms. The fourth-order valence-electron chi connectivity index (χ4n) is 3.28. The number of amides is 1. The van der Waals surface area contributed by atoms with Crippen molar-refractivity contribution in [3.8, 4) is 5.69 Å². The molecule has 136 valence electrons. The predicted molar refractivity (Wildman–Crippen MR) is 105 cm³/mol. The van der Waals surface area contributed by atoms with Gasteiger partial charge >= 0.3 is 0 Å². The molecule has 1 N–H and O–H groups in total. The number of hydrogen-bond donors (Lipinski definition) is 1. The van der Waals surface area contributed by atoms with Crippen molar-refractivity contribution in [3.63, 3.8) is 0 Å². The molecule has 0 aliphatic carbocycles. The molecule has 2 aromatic rings. The summed E-state index contributed by atoms with van der Waals surface area (Å²) in [6, 6.07) is 9.53. The first kappa shape index (κ1) is 17.3. The van der Waals surface area contributed by atoms with Gasteiger partial charge in [0.2, 0.25) is 0 Å². The molecule has 6 nitrogen and oxygen atoms in total. The number of aliphatic imine (C=N–C) groups is 1. The lowest BCUT2D eigenvalue weighted by atomic mass is 10.1. The molecule has 0 bridgehead atoms. The van der Waals surface area contributed by atoms with E-state index in [1.807, 2.05) is 44.2 Å². The molecule has 3 heterocycles. The Labute approximate surface area is 161 Å². The largest absolute Gasteiger partial charge is 0.376 e. The zero-order valence-corrected chi connectivity index (χ0v) is 15.8. The lowest BCUT2D eigenvalue weighted by molar-refractivity contribution is -0.114. The Kier molecular flexibility index (Phi) is 4.00. The molecule has 4 rings (SSSR count). The van der Waals surface area contributed by atoms with Crippen LogP contribution < -0.4 is 0 Å². The average Bonchev–Trinajstić information content (AvgIpc) is 3.12. The second-order valence-electron chi connectivity index (χ2n) is 6.46. The van der Waals surface area contributed by atoms with Crippen LogP contribution in [-0.4, -0.2) is 27.2 Å². The van der Waals surface area contributed by atoms with E-state index in [9.17, 15) is 4.79 Å². The summed E-state index contributed by atoms with van der Waals surface area (Å²) in [5, 5.41) is 10.3. The first-order valence-corrected chi connectivity index (χ1v) is 8.78. The van der Waals surface area contributed by atoms with E-state index in [-0.39, 0.29) is 11.4 Å². The summed E-state index contributed by atoms with van der Waals surface area (Å²) in [4.78, 5) is 21.9. The minimum atomic E-state index is -0.447. The van der Waals surface area contributed by atoms with Crippen molar-refractivity contribution in [2.45, 2.75) is 20.8 Å². The molecule has 0 unspecified atom stereocenters. The van der Waals surface area contributed by atoms with Crippen LogP contribution in [-0.2, 0) is 9.63 Å². The van der Waals surface area contributed by atoms with Gasteiger partial charge in [-0.15, -0.1) is 5.06 Å². The summed E-state index contributed by atoms with van der Waals surface area (Å²) in [6.45, 7) is 5.71. The third-order valence-corrected chi connectivity index (χ3v) is 4.79. The smallest absolute Gasteiger partial charge is 0.282 e. The maximum atomic E-state index is 12.4. The topological polar surface area (TPSA) is 70.7 Å². The van der Waals surface area contributed by atoms with Crippen LogP contribution in [0, 0.1) is 19.3 Å². The standard InChI is InChI=1S/C20H17ClN4O2/c1-11-8-14(13(3)24(11)16-6-4-15(21)5-7-16)10-17-19(22)25-18(23-20(17)26)9-12(2)27-25/h4-10,22H,1-3H3/b17-10-,22-19?. The summed E-state index contributed by atoms with van der Waals surface area (Å²) in [5.74, 6) is 0.464. The number of rotatable bonds is 2. The first-order valence-electron chi connectivity index (χ1n) is 8.40. The maximum Gasteiger partial charge on any atom is 0.282 e. The van der Waals surface area contributed by atoms with Gasteiger partial charge in [-0.05, 0) is 62.7 Å². The van der Waals surface area contributed by atoms with Gasteiger partial charge in [0, 0.05) is 28.2 Å². The number of fused-ring (bicyclic) bond motifs is 1. The average molecular weight is 381 g/mol. The highest BCUT2D eigenvalue weighted by Crippen LogP contribution is 2.27. The first-order chi connectivity index (χ1) is 12.8. The highest BCUT2D eigenvalue weighted by molar-refractivity contribution is 6.32. The van der Waals surface area contributed by atoms with Crippen LogP contribution in [0.25, 0.3) is 11.8 Å². The Balaban J connectivity index is 1.75. The SMILES string of the molecule is CC1=CC2=NC(=O)/C(=C\c3cc(C)n(-c4ccc(Cl)cc4)c3C)C(=N)N2O1. The van der Waals surface area contributed by atoms with Gasteiger partial charge in [0.15, 0.2) is 11.7 Å². The maximum absolute atomic E-state index is 12.4. The minimum Gasteiger partial charge on any atom is -0.376 e. The van der Waals surface area contributed by atoms with Gasteiger partial charge in [-0.3, -0.25) is 10.2 Å². The number of aromatic nitrogens is 1. The molecule has 0 atom stereocenters. The van der Waals surface area contributed by atoms with Gasteiger partial charge in [-0.1, -0.05) is 11.6 Å². The number of halogens is 1. The molecule has 2 aliphatic rings. The molecular weight excluding hydrogens is 364 g/mol. The van der Waals surface area contributed by atoms with E-state index >= 15 is 0 Å². The molecule has 0 saturated carbocycles. The Morgan fingerprint density at radius 1 is 1.19 bits per heavy atom. The lowest BCUT2D eigenvalue weighted by Crippen LogP contribution is -2.38. The molecule has 0 radical (unpaired) electrons. The monoisotopic (exact) mass is 380 g/mol. The minimum absolute atomic E-state index is 0.0191. The molecule has 0 spiro atoms. The number of carbonyl (C=O) groups is 1. The zero-order valence-electron chi connectivity index (χ0n) is 15.1. The molecule has 1 aromatic heterocycles. The van der Waals surface area contributed by atoms with Crippen LogP contribution in [0.15, 0.2) is 52.7 Å². The summed E-state index contributed by atoms with van der Waals surface area (Å²) in [5.41, 5.74) is 3.98. The van der Waals surface area contributed by atoms with Gasteiger partial charge in [-0.2, -0.15) is 4.99 Å². The van der Waals surface area contributed by atoms with Crippen LogP contribution in [0.2, 0.25) is 5.02 Å². The molecular formula is C20H17ClN4O2. The van der Waals surface area contributed by atoms with E-state index in [0.717, 1.165) is 22.6 Å². The van der Waals surface area contributed by atoms with Gasteiger partial charge in [-0.25, -0.2) is 0 Å². The Bertz CT molecular complexity index is 1070.